The highest BCUT2D eigenvalue weighted by Crippen LogP contribution is 2.25. The maximum Gasteiger partial charge on any atom is 0.152 e. The Morgan fingerprint density at radius 3 is 2.25 bits per heavy atom. The van der Waals surface area contributed by atoms with Gasteiger partial charge in [0.1, 0.15) is 19.6 Å². The Kier molecular flexibility index (Phi) is 3.21. The van der Waals surface area contributed by atoms with Crippen molar-refractivity contribution in [2.45, 2.75) is 25.3 Å². The number of benzene rings is 1. The van der Waals surface area contributed by atoms with Crippen LogP contribution in [0, 0.1) is 5.21 Å². The minimum Gasteiger partial charge on any atom is -0.632 e. The Balaban J connectivity index is 2.07. The summed E-state index contributed by atoms with van der Waals surface area (Å²) in [5.74, 6) is 0. The predicted octanol–water partition coefficient (Wildman–Crippen LogP) is 2.58. The lowest BCUT2D eigenvalue weighted by Gasteiger charge is -2.47. The van der Waals surface area contributed by atoms with Gasteiger partial charge >= 0.3 is 0 Å². The molecule has 0 aliphatic carbocycles. The molecule has 0 saturated carbocycles. The fourth-order valence-electron chi connectivity index (χ4n) is 2.27. The van der Waals surface area contributed by atoms with Crippen molar-refractivity contribution >= 4 is 0 Å². The van der Waals surface area contributed by atoms with Gasteiger partial charge in [0.2, 0.25) is 0 Å². The lowest BCUT2D eigenvalue weighted by Crippen LogP contribution is -2.53. The first-order chi connectivity index (χ1) is 7.57. The zero-order valence-corrected chi connectivity index (χ0v) is 8.98. The number of nitrogens with zero attached hydrogens (tertiary/aromatic N) is 1. The van der Waals surface area contributed by atoms with Crippen LogP contribution in [0.4, 0.5) is 8.78 Å². The molecule has 1 saturated heterocycles. The molecule has 1 aromatic rings. The molecule has 0 radical (unpaired) electrons. The van der Waals surface area contributed by atoms with Crippen LogP contribution in [-0.2, 0) is 6.54 Å². The zero-order chi connectivity index (χ0) is 11.6. The molecule has 0 spiro atoms. The third-order valence-corrected chi connectivity index (χ3v) is 2.89. The molecular weight excluding hydrogens is 212 g/mol. The van der Waals surface area contributed by atoms with Crippen molar-refractivity contribution < 1.29 is 13.4 Å². The van der Waals surface area contributed by atoms with E-state index in [2.05, 4.69) is 0 Å². The number of quaternary nitrogens is 1. The molecule has 16 heavy (non-hydrogen) atoms. The van der Waals surface area contributed by atoms with E-state index in [1.54, 1.807) is 0 Å². The van der Waals surface area contributed by atoms with Crippen molar-refractivity contribution in [1.82, 2.24) is 0 Å². The quantitative estimate of drug-likeness (QED) is 0.562. The van der Waals surface area contributed by atoms with E-state index in [-0.39, 0.29) is 26.1 Å². The molecule has 0 N–H and O–H groups in total. The van der Waals surface area contributed by atoms with Crippen molar-refractivity contribution in [3.8, 4) is 0 Å². The van der Waals surface area contributed by atoms with Crippen LogP contribution in [0.1, 0.15) is 12.0 Å². The molecule has 88 valence electrons. The molecule has 1 aliphatic rings. The fraction of sp³-hybridized carbons (Fsp3) is 0.500. The number of hydrogen-bond acceptors (Lipinski definition) is 1. The van der Waals surface area contributed by atoms with Crippen molar-refractivity contribution in [3.63, 3.8) is 0 Å². The Morgan fingerprint density at radius 2 is 1.69 bits per heavy atom. The summed E-state index contributed by atoms with van der Waals surface area (Å²) < 4.78 is 25.6. The Bertz CT molecular complexity index is 334. The second-order valence-electron chi connectivity index (χ2n) is 4.50. The average Bonchev–Trinajstić information content (AvgIpc) is 2.15. The van der Waals surface area contributed by atoms with Gasteiger partial charge in [-0.3, -0.25) is 0 Å². The summed E-state index contributed by atoms with van der Waals surface area (Å²) in [6.45, 7) is -0.105. The normalized spacial score (nSPS) is 34.9. The summed E-state index contributed by atoms with van der Waals surface area (Å²) in [6, 6.07) is 9.13. The van der Waals surface area contributed by atoms with Gasteiger partial charge < -0.3 is 9.85 Å². The molecule has 4 heteroatoms. The molecule has 1 heterocycles. The predicted molar refractivity (Wildman–Crippen MR) is 57.9 cm³/mol. The number of hydroxylamine groups is 3. The zero-order valence-electron chi connectivity index (χ0n) is 8.98. The molecule has 1 aromatic carbocycles. The molecule has 2 nitrogen and oxygen atoms in total. The van der Waals surface area contributed by atoms with Crippen LogP contribution in [0.3, 0.4) is 0 Å². The van der Waals surface area contributed by atoms with Crippen molar-refractivity contribution in [1.29, 1.82) is 0 Å². The Labute approximate surface area is 93.7 Å². The second kappa shape index (κ2) is 4.47. The second-order valence-corrected chi connectivity index (χ2v) is 4.50. The number of hydrogen-bond donors (Lipinski definition) is 0. The van der Waals surface area contributed by atoms with Crippen molar-refractivity contribution in [2.24, 2.45) is 0 Å². The molecule has 0 aromatic heterocycles. The fourth-order valence-corrected chi connectivity index (χ4v) is 2.27. The summed E-state index contributed by atoms with van der Waals surface area (Å²) in [4.78, 5) is 0. The van der Waals surface area contributed by atoms with Crippen LogP contribution in [0.15, 0.2) is 30.3 Å². The first kappa shape index (κ1) is 11.5. The summed E-state index contributed by atoms with van der Waals surface area (Å²) in [7, 11) is 0. The number of halogens is 2. The van der Waals surface area contributed by atoms with E-state index in [9.17, 15) is 14.0 Å². The van der Waals surface area contributed by atoms with Gasteiger partial charge in [-0.1, -0.05) is 30.3 Å². The average molecular weight is 227 g/mol. The summed E-state index contributed by atoms with van der Waals surface area (Å²) in [5, 5.41) is 12.2. The minimum atomic E-state index is -1.31. The Morgan fingerprint density at radius 1 is 1.12 bits per heavy atom. The van der Waals surface area contributed by atoms with Crippen LogP contribution >= 0.6 is 0 Å². The molecule has 0 amide bonds. The van der Waals surface area contributed by atoms with Crippen LogP contribution in [-0.4, -0.2) is 30.1 Å². The topological polar surface area (TPSA) is 23.1 Å². The molecule has 2 rings (SSSR count). The number of piperidine rings is 1. The van der Waals surface area contributed by atoms with E-state index >= 15 is 0 Å². The molecule has 1 fully saturated rings. The summed E-state index contributed by atoms with van der Waals surface area (Å²) in [6.07, 6.45) is -2.76. The van der Waals surface area contributed by atoms with Crippen LogP contribution < -0.4 is 0 Å². The van der Waals surface area contributed by atoms with Gasteiger partial charge in [-0.25, -0.2) is 8.78 Å². The van der Waals surface area contributed by atoms with Gasteiger partial charge in [0.25, 0.3) is 0 Å². The third kappa shape index (κ3) is 2.77. The highest BCUT2D eigenvalue weighted by atomic mass is 19.1. The highest BCUT2D eigenvalue weighted by molar-refractivity contribution is 5.13. The largest absolute Gasteiger partial charge is 0.632 e. The highest BCUT2D eigenvalue weighted by Gasteiger charge is 2.34. The first-order valence-corrected chi connectivity index (χ1v) is 5.46. The van der Waals surface area contributed by atoms with E-state index in [0.29, 0.717) is 0 Å². The van der Waals surface area contributed by atoms with E-state index < -0.39 is 17.0 Å². The molecule has 1 aliphatic heterocycles. The number of alkyl halides is 2. The van der Waals surface area contributed by atoms with Crippen LogP contribution in [0.5, 0.6) is 0 Å². The standard InChI is InChI=1S/C12H15F2NO/c13-11-6-12(14)9-15(16,8-11)7-10-4-2-1-3-5-10/h1-5,11-12H,6-9H2/t11-,12-/m1/s1. The minimum absolute atomic E-state index is 0.128. The maximum absolute atomic E-state index is 13.2. The van der Waals surface area contributed by atoms with Gasteiger partial charge in [0, 0.05) is 12.0 Å². The maximum atomic E-state index is 13.2. The van der Waals surface area contributed by atoms with Gasteiger partial charge in [-0.05, 0) is 0 Å². The van der Waals surface area contributed by atoms with E-state index in [1.807, 2.05) is 30.3 Å². The Hall–Kier alpha value is -1.00. The molecule has 0 bridgehead atoms. The van der Waals surface area contributed by atoms with Crippen LogP contribution in [0.25, 0.3) is 0 Å². The van der Waals surface area contributed by atoms with Crippen molar-refractivity contribution in [3.05, 3.63) is 41.1 Å². The smallest absolute Gasteiger partial charge is 0.152 e. The van der Waals surface area contributed by atoms with Crippen molar-refractivity contribution in [2.75, 3.05) is 13.1 Å². The third-order valence-electron chi connectivity index (χ3n) is 2.89. The van der Waals surface area contributed by atoms with Gasteiger partial charge in [-0.15, -0.1) is 0 Å². The monoisotopic (exact) mass is 227 g/mol. The first-order valence-electron chi connectivity index (χ1n) is 5.46. The number of rotatable bonds is 2. The van der Waals surface area contributed by atoms with Gasteiger partial charge in [0.15, 0.2) is 12.3 Å². The SMILES string of the molecule is [O-][N+]1(Cc2ccccc2)C[C@H](F)C[C@@H](F)C1. The summed E-state index contributed by atoms with van der Waals surface area (Å²) >= 11 is 0. The lowest BCUT2D eigenvalue weighted by molar-refractivity contribution is -0.903. The molecule has 2 atom stereocenters. The lowest BCUT2D eigenvalue weighted by atomic mass is 10.1. The molecule has 0 unspecified atom stereocenters. The summed E-state index contributed by atoms with van der Waals surface area (Å²) in [5.41, 5.74) is 0.832. The van der Waals surface area contributed by atoms with E-state index in [0.717, 1.165) is 5.56 Å². The van der Waals surface area contributed by atoms with Gasteiger partial charge in [-0.2, -0.15) is 0 Å². The molecular formula is C12H15F2NO. The number of likely N-dealkylation sites (tertiary alicyclic amines) is 1. The van der Waals surface area contributed by atoms with Gasteiger partial charge in [0.05, 0.1) is 0 Å². The van der Waals surface area contributed by atoms with E-state index in [1.165, 1.54) is 0 Å². The van der Waals surface area contributed by atoms with E-state index in [4.69, 9.17) is 0 Å². The van der Waals surface area contributed by atoms with Crippen LogP contribution in [0.2, 0.25) is 0 Å².